The molecule has 1 aromatic carbocycles. The summed E-state index contributed by atoms with van der Waals surface area (Å²) in [5, 5.41) is 14.8. The number of rotatable bonds is 1. The van der Waals surface area contributed by atoms with Crippen LogP contribution in [-0.4, -0.2) is 14.8 Å². The van der Waals surface area contributed by atoms with E-state index in [2.05, 4.69) is 10.2 Å². The molecular weight excluding hydrogens is 216 g/mol. The predicted molar refractivity (Wildman–Crippen MR) is 53.9 cm³/mol. The van der Waals surface area contributed by atoms with Gasteiger partial charge in [-0.05, 0) is 18.2 Å². The summed E-state index contributed by atoms with van der Waals surface area (Å²) in [5.41, 5.74) is 0.566. The van der Waals surface area contributed by atoms with E-state index in [9.17, 15) is 4.79 Å². The van der Waals surface area contributed by atoms with Crippen LogP contribution in [0.25, 0.3) is 5.69 Å². The lowest BCUT2D eigenvalue weighted by atomic mass is 10.2. The Morgan fingerprint density at radius 2 is 2.33 bits per heavy atom. The first-order chi connectivity index (χ1) is 7.22. The van der Waals surface area contributed by atoms with Crippen LogP contribution in [0.15, 0.2) is 29.3 Å². The van der Waals surface area contributed by atoms with Crippen molar-refractivity contribution in [3.05, 3.63) is 45.6 Å². The fourth-order valence-corrected chi connectivity index (χ4v) is 1.46. The number of H-pyrrole nitrogens is 1. The molecule has 1 N–H and O–H groups in total. The Morgan fingerprint density at radius 3 is 2.87 bits per heavy atom. The van der Waals surface area contributed by atoms with Crippen molar-refractivity contribution >= 4 is 11.6 Å². The third-order valence-electron chi connectivity index (χ3n) is 1.89. The number of aromatic amines is 1. The maximum Gasteiger partial charge on any atom is 0.347 e. The van der Waals surface area contributed by atoms with Crippen LogP contribution < -0.4 is 5.69 Å². The Balaban J connectivity index is 2.61. The Kier molecular flexibility index (Phi) is 2.27. The average Bonchev–Trinajstić information content (AvgIpc) is 2.64. The van der Waals surface area contributed by atoms with Gasteiger partial charge in [0.05, 0.1) is 22.3 Å². The number of nitriles is 1. The van der Waals surface area contributed by atoms with Gasteiger partial charge in [0.25, 0.3) is 0 Å². The van der Waals surface area contributed by atoms with Gasteiger partial charge in [0.1, 0.15) is 6.33 Å². The zero-order valence-corrected chi connectivity index (χ0v) is 8.19. The maximum absolute atomic E-state index is 11.2. The maximum atomic E-state index is 11.2. The highest BCUT2D eigenvalue weighted by atomic mass is 35.5. The summed E-state index contributed by atoms with van der Waals surface area (Å²) in [4.78, 5) is 11.2. The highest BCUT2D eigenvalue weighted by Crippen LogP contribution is 2.19. The summed E-state index contributed by atoms with van der Waals surface area (Å²) in [6.07, 6.45) is 1.33. The van der Waals surface area contributed by atoms with Gasteiger partial charge in [-0.2, -0.15) is 10.4 Å². The van der Waals surface area contributed by atoms with Crippen molar-refractivity contribution in [3.63, 3.8) is 0 Å². The lowest BCUT2D eigenvalue weighted by Gasteiger charge is -2.02. The van der Waals surface area contributed by atoms with Gasteiger partial charge in [0.2, 0.25) is 0 Å². The number of hydrogen-bond acceptors (Lipinski definition) is 3. The van der Waals surface area contributed by atoms with Crippen LogP contribution in [0, 0.1) is 11.3 Å². The van der Waals surface area contributed by atoms with E-state index in [1.807, 2.05) is 6.07 Å². The van der Waals surface area contributed by atoms with Gasteiger partial charge in [-0.1, -0.05) is 11.6 Å². The molecule has 0 spiro atoms. The Hall–Kier alpha value is -2.06. The first-order valence-corrected chi connectivity index (χ1v) is 4.42. The monoisotopic (exact) mass is 220 g/mol. The van der Waals surface area contributed by atoms with Crippen LogP contribution in [0.5, 0.6) is 0 Å². The van der Waals surface area contributed by atoms with Crippen LogP contribution >= 0.6 is 11.6 Å². The lowest BCUT2D eigenvalue weighted by molar-refractivity contribution is 0.982. The second-order valence-corrected chi connectivity index (χ2v) is 3.22. The fourth-order valence-electron chi connectivity index (χ4n) is 1.19. The minimum absolute atomic E-state index is 0.331. The van der Waals surface area contributed by atoms with Crippen LogP contribution in [0.1, 0.15) is 5.56 Å². The van der Waals surface area contributed by atoms with Gasteiger partial charge in [-0.25, -0.2) is 14.5 Å². The minimum atomic E-state index is -0.374. The third kappa shape index (κ3) is 1.63. The highest BCUT2D eigenvalue weighted by Gasteiger charge is 2.06. The van der Waals surface area contributed by atoms with Crippen LogP contribution in [0.4, 0.5) is 0 Å². The second kappa shape index (κ2) is 3.59. The lowest BCUT2D eigenvalue weighted by Crippen LogP contribution is -2.14. The molecule has 2 aromatic rings. The molecule has 1 heterocycles. The van der Waals surface area contributed by atoms with Gasteiger partial charge >= 0.3 is 5.69 Å². The number of aromatic nitrogens is 3. The Bertz CT molecular complexity index is 593. The van der Waals surface area contributed by atoms with Crippen molar-refractivity contribution in [3.8, 4) is 11.8 Å². The second-order valence-electron chi connectivity index (χ2n) is 2.81. The number of nitrogens with zero attached hydrogens (tertiary/aromatic N) is 3. The SMILES string of the molecule is N#Cc1ccc(-n2cn[nH]c2=O)c(Cl)c1. The van der Waals surface area contributed by atoms with E-state index in [0.717, 1.165) is 0 Å². The van der Waals surface area contributed by atoms with Gasteiger partial charge in [-0.3, -0.25) is 0 Å². The number of hydrogen-bond donors (Lipinski definition) is 1. The summed E-state index contributed by atoms with van der Waals surface area (Å²) in [7, 11) is 0. The van der Waals surface area contributed by atoms with Crippen molar-refractivity contribution in [2.24, 2.45) is 0 Å². The molecule has 0 fully saturated rings. The molecular formula is C9H5ClN4O. The molecule has 0 saturated carbocycles. The third-order valence-corrected chi connectivity index (χ3v) is 2.19. The van der Waals surface area contributed by atoms with E-state index in [1.165, 1.54) is 17.0 Å². The van der Waals surface area contributed by atoms with Crippen LogP contribution in [0.3, 0.4) is 0 Å². The fraction of sp³-hybridized carbons (Fsp3) is 0. The first kappa shape index (κ1) is 9.49. The summed E-state index contributed by atoms with van der Waals surface area (Å²) < 4.78 is 1.27. The zero-order chi connectivity index (χ0) is 10.8. The molecule has 0 unspecified atom stereocenters. The Morgan fingerprint density at radius 1 is 1.53 bits per heavy atom. The largest absolute Gasteiger partial charge is 0.347 e. The smallest absolute Gasteiger partial charge is 0.248 e. The predicted octanol–water partition coefficient (Wildman–Crippen LogP) is 1.09. The van der Waals surface area contributed by atoms with E-state index in [-0.39, 0.29) is 5.69 Å². The molecule has 0 radical (unpaired) electrons. The first-order valence-electron chi connectivity index (χ1n) is 4.04. The molecule has 74 valence electrons. The molecule has 6 heteroatoms. The number of halogens is 1. The molecule has 0 aliphatic carbocycles. The van der Waals surface area contributed by atoms with Gasteiger partial charge in [0, 0.05) is 0 Å². The highest BCUT2D eigenvalue weighted by molar-refractivity contribution is 6.32. The van der Waals surface area contributed by atoms with Gasteiger partial charge < -0.3 is 0 Å². The summed E-state index contributed by atoms with van der Waals surface area (Å²) in [6, 6.07) is 6.64. The molecule has 5 nitrogen and oxygen atoms in total. The molecule has 2 rings (SSSR count). The van der Waals surface area contributed by atoms with Gasteiger partial charge in [-0.15, -0.1) is 0 Å². The van der Waals surface area contributed by atoms with E-state index in [0.29, 0.717) is 16.3 Å². The average molecular weight is 221 g/mol. The molecule has 0 atom stereocenters. The molecule has 0 aliphatic rings. The minimum Gasteiger partial charge on any atom is -0.248 e. The van der Waals surface area contributed by atoms with Crippen molar-refractivity contribution in [2.45, 2.75) is 0 Å². The summed E-state index contributed by atoms with van der Waals surface area (Å²) >= 11 is 5.92. The summed E-state index contributed by atoms with van der Waals surface area (Å²) in [5.74, 6) is 0. The standard InChI is InChI=1S/C9H5ClN4O/c10-7-3-6(4-11)1-2-8(7)14-5-12-13-9(14)15/h1-3,5H,(H,13,15). The molecule has 0 saturated heterocycles. The van der Waals surface area contributed by atoms with E-state index >= 15 is 0 Å². The molecule has 0 amide bonds. The van der Waals surface area contributed by atoms with Gasteiger partial charge in [0.15, 0.2) is 0 Å². The van der Waals surface area contributed by atoms with Crippen molar-refractivity contribution < 1.29 is 0 Å². The number of nitrogens with one attached hydrogen (secondary N) is 1. The van der Waals surface area contributed by atoms with Crippen LogP contribution in [0.2, 0.25) is 5.02 Å². The van der Waals surface area contributed by atoms with Crippen molar-refractivity contribution in [1.29, 1.82) is 5.26 Å². The molecule has 0 aliphatic heterocycles. The van der Waals surface area contributed by atoms with Crippen LogP contribution in [-0.2, 0) is 0 Å². The zero-order valence-electron chi connectivity index (χ0n) is 7.44. The Labute approximate surface area is 89.5 Å². The molecule has 0 bridgehead atoms. The quantitative estimate of drug-likeness (QED) is 0.782. The van der Waals surface area contributed by atoms with E-state index < -0.39 is 0 Å². The van der Waals surface area contributed by atoms with E-state index in [4.69, 9.17) is 16.9 Å². The molecule has 1 aromatic heterocycles. The summed E-state index contributed by atoms with van der Waals surface area (Å²) in [6.45, 7) is 0. The van der Waals surface area contributed by atoms with Crippen molar-refractivity contribution in [2.75, 3.05) is 0 Å². The molecule has 15 heavy (non-hydrogen) atoms. The van der Waals surface area contributed by atoms with Crippen molar-refractivity contribution in [1.82, 2.24) is 14.8 Å². The normalized spacial score (nSPS) is 9.87. The topological polar surface area (TPSA) is 74.5 Å². The number of benzene rings is 1. The van der Waals surface area contributed by atoms with E-state index in [1.54, 1.807) is 12.1 Å².